The van der Waals surface area contributed by atoms with Crippen LogP contribution in [0.4, 0.5) is 0 Å². The summed E-state index contributed by atoms with van der Waals surface area (Å²) in [7, 11) is -3.41. The standard InChI is InChI=1S/C14H21NO4S/c1-2-20(18,19)13-9-5-4-8-12(13)14(17)15-10-6-3-7-11-16/h4-5,8-9,16H,2-3,6-7,10-11H2,1H3,(H,15,17). The SMILES string of the molecule is CCS(=O)(=O)c1ccccc1C(=O)NCCCCCO. The Balaban J connectivity index is 2.74. The molecule has 0 fully saturated rings. The molecular formula is C14H21NO4S. The maximum atomic E-state index is 12.0. The van der Waals surface area contributed by atoms with E-state index in [1.165, 1.54) is 12.1 Å². The van der Waals surface area contributed by atoms with E-state index in [1.54, 1.807) is 19.1 Å². The molecule has 0 aromatic heterocycles. The van der Waals surface area contributed by atoms with Crippen LogP contribution in [0.3, 0.4) is 0 Å². The zero-order chi connectivity index (χ0) is 15.0. The topological polar surface area (TPSA) is 83.5 Å². The smallest absolute Gasteiger partial charge is 0.252 e. The third kappa shape index (κ3) is 4.61. The number of sulfone groups is 1. The van der Waals surface area contributed by atoms with Crippen LogP contribution < -0.4 is 5.32 Å². The minimum atomic E-state index is -3.41. The maximum Gasteiger partial charge on any atom is 0.252 e. The average molecular weight is 299 g/mol. The molecule has 2 N–H and O–H groups in total. The van der Waals surface area contributed by atoms with Gasteiger partial charge in [-0.2, -0.15) is 0 Å². The molecule has 20 heavy (non-hydrogen) atoms. The van der Waals surface area contributed by atoms with Crippen molar-refractivity contribution < 1.29 is 18.3 Å². The third-order valence-corrected chi connectivity index (χ3v) is 4.75. The highest BCUT2D eigenvalue weighted by atomic mass is 32.2. The van der Waals surface area contributed by atoms with E-state index in [4.69, 9.17) is 5.11 Å². The highest BCUT2D eigenvalue weighted by Crippen LogP contribution is 2.16. The lowest BCUT2D eigenvalue weighted by molar-refractivity contribution is 0.0949. The second kappa shape index (κ2) is 8.01. The molecule has 0 atom stereocenters. The summed E-state index contributed by atoms with van der Waals surface area (Å²) in [4.78, 5) is 12.1. The molecule has 0 unspecified atom stereocenters. The molecule has 0 aliphatic heterocycles. The quantitative estimate of drug-likeness (QED) is 0.710. The van der Waals surface area contributed by atoms with Gasteiger partial charge in [-0.25, -0.2) is 8.42 Å². The van der Waals surface area contributed by atoms with Gasteiger partial charge in [0, 0.05) is 13.2 Å². The first-order valence-corrected chi connectivity index (χ1v) is 8.39. The minimum Gasteiger partial charge on any atom is -0.396 e. The number of hydrogen-bond donors (Lipinski definition) is 2. The number of aliphatic hydroxyl groups is 1. The van der Waals surface area contributed by atoms with Gasteiger partial charge in [-0.3, -0.25) is 4.79 Å². The summed E-state index contributed by atoms with van der Waals surface area (Å²) in [5, 5.41) is 11.4. The van der Waals surface area contributed by atoms with Crippen molar-refractivity contribution in [3.63, 3.8) is 0 Å². The Morgan fingerprint density at radius 2 is 1.90 bits per heavy atom. The van der Waals surface area contributed by atoms with Crippen LogP contribution in [0.15, 0.2) is 29.2 Å². The Labute approximate surface area is 119 Å². The van der Waals surface area contributed by atoms with Crippen molar-refractivity contribution in [2.45, 2.75) is 31.1 Å². The van der Waals surface area contributed by atoms with Crippen molar-refractivity contribution in [1.29, 1.82) is 0 Å². The molecule has 0 saturated heterocycles. The van der Waals surface area contributed by atoms with Crippen LogP contribution in [-0.2, 0) is 9.84 Å². The summed E-state index contributed by atoms with van der Waals surface area (Å²) in [5.74, 6) is -0.407. The van der Waals surface area contributed by atoms with Gasteiger partial charge < -0.3 is 10.4 Å². The van der Waals surface area contributed by atoms with Gasteiger partial charge in [-0.05, 0) is 31.4 Å². The summed E-state index contributed by atoms with van der Waals surface area (Å²) in [5.41, 5.74) is 0.191. The van der Waals surface area contributed by atoms with E-state index in [1.807, 2.05) is 0 Å². The Bertz CT molecular complexity index is 540. The molecule has 5 nitrogen and oxygen atoms in total. The molecule has 112 valence electrons. The molecule has 1 aromatic carbocycles. The van der Waals surface area contributed by atoms with Crippen LogP contribution in [0, 0.1) is 0 Å². The number of benzene rings is 1. The monoisotopic (exact) mass is 299 g/mol. The van der Waals surface area contributed by atoms with E-state index in [-0.39, 0.29) is 28.7 Å². The second-order valence-electron chi connectivity index (χ2n) is 4.44. The van der Waals surface area contributed by atoms with Crippen molar-refractivity contribution in [3.8, 4) is 0 Å². The highest BCUT2D eigenvalue weighted by Gasteiger charge is 2.19. The van der Waals surface area contributed by atoms with Crippen molar-refractivity contribution in [2.24, 2.45) is 0 Å². The molecule has 1 rings (SSSR count). The van der Waals surface area contributed by atoms with E-state index in [9.17, 15) is 13.2 Å². The molecule has 1 aromatic rings. The van der Waals surface area contributed by atoms with E-state index in [2.05, 4.69) is 5.32 Å². The lowest BCUT2D eigenvalue weighted by Crippen LogP contribution is -2.26. The first kappa shape index (κ1) is 16.7. The summed E-state index contributed by atoms with van der Waals surface area (Å²) < 4.78 is 23.9. The normalized spacial score (nSPS) is 11.3. The summed E-state index contributed by atoms with van der Waals surface area (Å²) >= 11 is 0. The molecular weight excluding hydrogens is 278 g/mol. The number of carbonyl (C=O) groups is 1. The number of aliphatic hydroxyl groups excluding tert-OH is 1. The maximum absolute atomic E-state index is 12.0. The Morgan fingerprint density at radius 1 is 1.20 bits per heavy atom. The number of nitrogens with one attached hydrogen (secondary N) is 1. The number of rotatable bonds is 8. The van der Waals surface area contributed by atoms with Gasteiger partial charge in [0.1, 0.15) is 0 Å². The predicted molar refractivity (Wildman–Crippen MR) is 77.4 cm³/mol. The molecule has 0 aliphatic carbocycles. The van der Waals surface area contributed by atoms with Crippen LogP contribution >= 0.6 is 0 Å². The average Bonchev–Trinajstić information content (AvgIpc) is 2.47. The molecule has 0 aliphatic rings. The molecule has 0 spiro atoms. The minimum absolute atomic E-state index is 0.0339. The van der Waals surface area contributed by atoms with Crippen molar-refractivity contribution in [1.82, 2.24) is 5.32 Å². The van der Waals surface area contributed by atoms with Crippen LogP contribution in [0.25, 0.3) is 0 Å². The molecule has 0 radical (unpaired) electrons. The molecule has 0 bridgehead atoms. The van der Waals surface area contributed by atoms with E-state index < -0.39 is 9.84 Å². The van der Waals surface area contributed by atoms with Gasteiger partial charge in [0.25, 0.3) is 5.91 Å². The number of hydrogen-bond acceptors (Lipinski definition) is 4. The van der Waals surface area contributed by atoms with Gasteiger partial charge >= 0.3 is 0 Å². The lowest BCUT2D eigenvalue weighted by Gasteiger charge is -2.09. The van der Waals surface area contributed by atoms with Crippen LogP contribution in [0.1, 0.15) is 36.5 Å². The number of amides is 1. The van der Waals surface area contributed by atoms with Crippen LogP contribution in [0.5, 0.6) is 0 Å². The van der Waals surface area contributed by atoms with Crippen molar-refractivity contribution >= 4 is 15.7 Å². The van der Waals surface area contributed by atoms with Gasteiger partial charge in [0.05, 0.1) is 16.2 Å². The first-order chi connectivity index (χ1) is 9.53. The zero-order valence-electron chi connectivity index (χ0n) is 11.6. The predicted octanol–water partition coefficient (Wildman–Crippen LogP) is 1.37. The fraction of sp³-hybridized carbons (Fsp3) is 0.500. The van der Waals surface area contributed by atoms with Crippen LogP contribution in [0.2, 0.25) is 0 Å². The second-order valence-corrected chi connectivity index (χ2v) is 6.69. The van der Waals surface area contributed by atoms with E-state index in [0.29, 0.717) is 13.0 Å². The fourth-order valence-corrected chi connectivity index (χ4v) is 2.88. The van der Waals surface area contributed by atoms with E-state index in [0.717, 1.165) is 12.8 Å². The molecule has 6 heteroatoms. The van der Waals surface area contributed by atoms with E-state index >= 15 is 0 Å². The van der Waals surface area contributed by atoms with Crippen molar-refractivity contribution in [2.75, 3.05) is 18.9 Å². The Kier molecular flexibility index (Phi) is 6.67. The molecule has 0 saturated carbocycles. The Morgan fingerprint density at radius 3 is 2.55 bits per heavy atom. The fourth-order valence-electron chi connectivity index (χ4n) is 1.79. The summed E-state index contributed by atoms with van der Waals surface area (Å²) in [6, 6.07) is 6.24. The number of carbonyl (C=O) groups excluding carboxylic acids is 1. The van der Waals surface area contributed by atoms with Gasteiger partial charge in [0.2, 0.25) is 0 Å². The Hall–Kier alpha value is -1.40. The van der Waals surface area contributed by atoms with Crippen LogP contribution in [-0.4, -0.2) is 38.3 Å². The lowest BCUT2D eigenvalue weighted by atomic mass is 10.2. The zero-order valence-corrected chi connectivity index (χ0v) is 12.4. The van der Waals surface area contributed by atoms with Gasteiger partial charge in [0.15, 0.2) is 9.84 Å². The molecule has 0 heterocycles. The summed E-state index contributed by atoms with van der Waals surface area (Å²) in [6.45, 7) is 2.17. The molecule has 1 amide bonds. The summed E-state index contributed by atoms with van der Waals surface area (Å²) in [6.07, 6.45) is 2.29. The first-order valence-electron chi connectivity index (χ1n) is 6.73. The van der Waals surface area contributed by atoms with Gasteiger partial charge in [-0.1, -0.05) is 19.1 Å². The number of unbranched alkanes of at least 4 members (excludes halogenated alkanes) is 2. The van der Waals surface area contributed by atoms with Gasteiger partial charge in [-0.15, -0.1) is 0 Å². The third-order valence-electron chi connectivity index (χ3n) is 2.97. The highest BCUT2D eigenvalue weighted by molar-refractivity contribution is 7.91. The largest absolute Gasteiger partial charge is 0.396 e. The van der Waals surface area contributed by atoms with Crippen molar-refractivity contribution in [3.05, 3.63) is 29.8 Å².